The van der Waals surface area contributed by atoms with Crippen LogP contribution < -0.4 is 14.8 Å². The van der Waals surface area contributed by atoms with Gasteiger partial charge < -0.3 is 15.3 Å². The Balaban J connectivity index is 2.51. The SMILES string of the molecule is CCCOc1cc(C)[n+]([O-])c(CCC)c1C(=O)Nc1cccc(C)c1C. The fraction of sp³-hybridized carbons (Fsp3) is 0.429. The van der Waals surface area contributed by atoms with Crippen molar-refractivity contribution in [3.05, 3.63) is 57.6 Å². The first-order valence-electron chi connectivity index (χ1n) is 9.17. The molecule has 2 aromatic rings. The number of ether oxygens (including phenoxy) is 1. The molecule has 26 heavy (non-hydrogen) atoms. The Morgan fingerprint density at radius 3 is 2.58 bits per heavy atom. The van der Waals surface area contributed by atoms with E-state index in [1.165, 1.54) is 0 Å². The van der Waals surface area contributed by atoms with Crippen molar-refractivity contribution in [3.63, 3.8) is 0 Å². The highest BCUT2D eigenvalue weighted by molar-refractivity contribution is 6.07. The van der Waals surface area contributed by atoms with Crippen molar-refractivity contribution in [1.29, 1.82) is 0 Å². The van der Waals surface area contributed by atoms with Gasteiger partial charge in [-0.2, -0.15) is 4.73 Å². The van der Waals surface area contributed by atoms with Crippen molar-refractivity contribution < 1.29 is 14.3 Å². The van der Waals surface area contributed by atoms with E-state index >= 15 is 0 Å². The van der Waals surface area contributed by atoms with Crippen LogP contribution in [0.15, 0.2) is 24.3 Å². The molecule has 0 unspecified atom stereocenters. The molecular weight excluding hydrogens is 328 g/mol. The second kappa shape index (κ2) is 8.70. The maximum atomic E-state index is 13.1. The van der Waals surface area contributed by atoms with E-state index in [1.807, 2.05) is 45.9 Å². The third kappa shape index (κ3) is 4.15. The number of carbonyl (C=O) groups excluding carboxylic acids is 1. The molecule has 0 radical (unpaired) electrons. The van der Waals surface area contributed by atoms with Gasteiger partial charge in [0.15, 0.2) is 5.69 Å². The van der Waals surface area contributed by atoms with Crippen molar-refractivity contribution in [3.8, 4) is 5.75 Å². The van der Waals surface area contributed by atoms with Crippen LogP contribution in [0.4, 0.5) is 5.69 Å². The number of benzene rings is 1. The molecule has 0 saturated heterocycles. The highest BCUT2D eigenvalue weighted by Gasteiger charge is 2.27. The Kier molecular flexibility index (Phi) is 6.61. The fourth-order valence-corrected chi connectivity index (χ4v) is 2.88. The van der Waals surface area contributed by atoms with Crippen molar-refractivity contribution in [2.24, 2.45) is 0 Å². The van der Waals surface area contributed by atoms with Gasteiger partial charge in [-0.25, -0.2) is 0 Å². The monoisotopic (exact) mass is 356 g/mol. The van der Waals surface area contributed by atoms with Crippen LogP contribution in [0.3, 0.4) is 0 Å². The smallest absolute Gasteiger partial charge is 0.265 e. The largest absolute Gasteiger partial charge is 0.618 e. The lowest BCUT2D eigenvalue weighted by atomic mass is 10.0. The lowest BCUT2D eigenvalue weighted by molar-refractivity contribution is -0.621. The summed E-state index contributed by atoms with van der Waals surface area (Å²) in [6.07, 6.45) is 2.11. The summed E-state index contributed by atoms with van der Waals surface area (Å²) in [5.41, 5.74) is 4.18. The Labute approximate surface area is 155 Å². The molecule has 1 heterocycles. The van der Waals surface area contributed by atoms with Gasteiger partial charge in [-0.05, 0) is 43.9 Å². The van der Waals surface area contributed by atoms with Gasteiger partial charge in [0, 0.05) is 25.1 Å². The molecule has 0 atom stereocenters. The van der Waals surface area contributed by atoms with Crippen LogP contribution in [0.5, 0.6) is 5.75 Å². The predicted molar refractivity (Wildman–Crippen MR) is 104 cm³/mol. The van der Waals surface area contributed by atoms with E-state index in [1.54, 1.807) is 13.0 Å². The number of nitrogens with zero attached hydrogens (tertiary/aromatic N) is 1. The summed E-state index contributed by atoms with van der Waals surface area (Å²) in [7, 11) is 0. The van der Waals surface area contributed by atoms with E-state index in [9.17, 15) is 10.0 Å². The number of nitrogens with one attached hydrogen (secondary N) is 1. The molecule has 0 saturated carbocycles. The van der Waals surface area contributed by atoms with Crippen LogP contribution in [-0.4, -0.2) is 12.5 Å². The number of anilines is 1. The van der Waals surface area contributed by atoms with Gasteiger partial charge in [-0.1, -0.05) is 26.0 Å². The second-order valence-electron chi connectivity index (χ2n) is 6.57. The molecule has 1 amide bonds. The molecular formula is C21H28N2O3. The molecule has 140 valence electrons. The number of aryl methyl sites for hydroxylation is 2. The highest BCUT2D eigenvalue weighted by atomic mass is 16.5. The van der Waals surface area contributed by atoms with Crippen molar-refractivity contribution in [2.75, 3.05) is 11.9 Å². The topological polar surface area (TPSA) is 65.3 Å². The predicted octanol–water partition coefficient (Wildman–Crippen LogP) is 4.24. The number of hydrogen-bond acceptors (Lipinski definition) is 3. The second-order valence-corrected chi connectivity index (χ2v) is 6.57. The minimum Gasteiger partial charge on any atom is -0.618 e. The van der Waals surface area contributed by atoms with Gasteiger partial charge >= 0.3 is 0 Å². The zero-order chi connectivity index (χ0) is 19.3. The molecule has 0 aliphatic carbocycles. The molecule has 2 rings (SSSR count). The number of carbonyl (C=O) groups is 1. The summed E-state index contributed by atoms with van der Waals surface area (Å²) >= 11 is 0. The summed E-state index contributed by atoms with van der Waals surface area (Å²) in [4.78, 5) is 13.1. The lowest BCUT2D eigenvalue weighted by Crippen LogP contribution is -2.38. The summed E-state index contributed by atoms with van der Waals surface area (Å²) in [6.45, 7) is 10.2. The number of rotatable bonds is 7. The molecule has 0 aliphatic heterocycles. The summed E-state index contributed by atoms with van der Waals surface area (Å²) in [5, 5.41) is 15.5. The number of pyridine rings is 1. The van der Waals surface area contributed by atoms with Crippen LogP contribution in [-0.2, 0) is 6.42 Å². The molecule has 0 bridgehead atoms. The van der Waals surface area contributed by atoms with Crippen molar-refractivity contribution >= 4 is 11.6 Å². The number of aromatic nitrogens is 1. The molecule has 0 aliphatic rings. The molecule has 1 aromatic carbocycles. The van der Waals surface area contributed by atoms with Crippen LogP contribution >= 0.6 is 0 Å². The molecule has 1 aromatic heterocycles. The van der Waals surface area contributed by atoms with Gasteiger partial charge in [0.1, 0.15) is 11.3 Å². The Hall–Kier alpha value is -2.56. The van der Waals surface area contributed by atoms with Gasteiger partial charge in [0.2, 0.25) is 5.69 Å². The van der Waals surface area contributed by atoms with Gasteiger partial charge in [-0.15, -0.1) is 0 Å². The first-order valence-corrected chi connectivity index (χ1v) is 9.17. The van der Waals surface area contributed by atoms with E-state index in [-0.39, 0.29) is 5.91 Å². The average Bonchev–Trinajstić information content (AvgIpc) is 2.61. The van der Waals surface area contributed by atoms with E-state index in [0.29, 0.717) is 35.7 Å². The number of amides is 1. The minimum atomic E-state index is -0.308. The summed E-state index contributed by atoms with van der Waals surface area (Å²) in [5.74, 6) is 0.167. The molecule has 5 heteroatoms. The number of hydrogen-bond donors (Lipinski definition) is 1. The van der Waals surface area contributed by atoms with Crippen LogP contribution in [0.1, 0.15) is 59.6 Å². The maximum absolute atomic E-state index is 13.1. The van der Waals surface area contributed by atoms with Crippen molar-refractivity contribution in [2.45, 2.75) is 53.9 Å². The molecule has 1 N–H and O–H groups in total. The van der Waals surface area contributed by atoms with E-state index < -0.39 is 0 Å². The van der Waals surface area contributed by atoms with Crippen molar-refractivity contribution in [1.82, 2.24) is 0 Å². The normalized spacial score (nSPS) is 10.7. The van der Waals surface area contributed by atoms with E-state index in [4.69, 9.17) is 4.74 Å². The van der Waals surface area contributed by atoms with Gasteiger partial charge in [0.05, 0.1) is 6.61 Å². The Bertz CT molecular complexity index is 800. The first kappa shape index (κ1) is 19.8. The quantitative estimate of drug-likeness (QED) is 0.596. The summed E-state index contributed by atoms with van der Waals surface area (Å²) in [6, 6.07) is 7.43. The van der Waals surface area contributed by atoms with Crippen LogP contribution in [0.25, 0.3) is 0 Å². The van der Waals surface area contributed by atoms with Gasteiger partial charge in [-0.3, -0.25) is 4.79 Å². The molecule has 0 spiro atoms. The third-order valence-corrected chi connectivity index (χ3v) is 4.47. The molecule has 0 fully saturated rings. The van der Waals surface area contributed by atoms with E-state index in [2.05, 4.69) is 5.32 Å². The Morgan fingerprint density at radius 1 is 1.19 bits per heavy atom. The van der Waals surface area contributed by atoms with E-state index in [0.717, 1.165) is 34.4 Å². The van der Waals surface area contributed by atoms with Crippen LogP contribution in [0, 0.1) is 26.0 Å². The fourth-order valence-electron chi connectivity index (χ4n) is 2.88. The first-order chi connectivity index (χ1) is 12.4. The standard InChI is InChI=1S/C21H28N2O3/c1-6-9-18-20(19(26-12-7-2)13-15(4)23(18)25)21(24)22-17-11-8-10-14(3)16(17)5/h8,10-11,13H,6-7,9,12H2,1-5H3,(H,22,24). The zero-order valence-corrected chi connectivity index (χ0v) is 16.3. The summed E-state index contributed by atoms with van der Waals surface area (Å²) < 4.78 is 6.66. The minimum absolute atomic E-state index is 0.308. The zero-order valence-electron chi connectivity index (χ0n) is 16.3. The Morgan fingerprint density at radius 2 is 1.92 bits per heavy atom. The van der Waals surface area contributed by atoms with Crippen LogP contribution in [0.2, 0.25) is 0 Å². The maximum Gasteiger partial charge on any atom is 0.265 e. The lowest BCUT2D eigenvalue weighted by Gasteiger charge is -2.17. The molecule has 5 nitrogen and oxygen atoms in total. The average molecular weight is 356 g/mol. The van der Waals surface area contributed by atoms with Gasteiger partial charge in [0.25, 0.3) is 5.91 Å². The highest BCUT2D eigenvalue weighted by Crippen LogP contribution is 2.26. The third-order valence-electron chi connectivity index (χ3n) is 4.47.